The van der Waals surface area contributed by atoms with E-state index in [1.165, 1.54) is 0 Å². The van der Waals surface area contributed by atoms with E-state index in [2.05, 4.69) is 5.92 Å². The Morgan fingerprint density at radius 3 is 2.40 bits per heavy atom. The van der Waals surface area contributed by atoms with Crippen molar-refractivity contribution < 1.29 is 4.89 Å². The Morgan fingerprint density at radius 2 is 2.00 bits per heavy atom. The molecule has 0 saturated carbocycles. The molecular weight excluding hydrogens is 143 g/mol. The molecular formula is C8H14OP+. The van der Waals surface area contributed by atoms with E-state index < -0.39 is 7.49 Å². The summed E-state index contributed by atoms with van der Waals surface area (Å²) in [6, 6.07) is 0. The summed E-state index contributed by atoms with van der Waals surface area (Å²) in [6.07, 6.45) is 9.30. The van der Waals surface area contributed by atoms with Crippen molar-refractivity contribution in [2.24, 2.45) is 5.92 Å². The van der Waals surface area contributed by atoms with E-state index >= 15 is 0 Å². The van der Waals surface area contributed by atoms with Crippen LogP contribution < -0.4 is 0 Å². The van der Waals surface area contributed by atoms with Gasteiger partial charge < -0.3 is 0 Å². The minimum Gasteiger partial charge on any atom is -0.252 e. The van der Waals surface area contributed by atoms with Gasteiger partial charge in [-0.3, -0.25) is 4.89 Å². The molecule has 0 bridgehead atoms. The van der Waals surface area contributed by atoms with E-state index in [-0.39, 0.29) is 0 Å². The Labute approximate surface area is 63.3 Å². The zero-order valence-corrected chi connectivity index (χ0v) is 7.27. The molecule has 0 spiro atoms. The number of terminal acetylenes is 1. The van der Waals surface area contributed by atoms with Crippen LogP contribution in [0.25, 0.3) is 0 Å². The van der Waals surface area contributed by atoms with Gasteiger partial charge in [-0.15, -0.1) is 12.3 Å². The van der Waals surface area contributed by atoms with Gasteiger partial charge in [0, 0.05) is 5.92 Å². The molecule has 10 heavy (non-hydrogen) atoms. The maximum atomic E-state index is 9.63. The molecule has 1 N–H and O–H groups in total. The largest absolute Gasteiger partial charge is 0.252 e. The number of hydrogen-bond donors (Lipinski definition) is 1. The lowest BCUT2D eigenvalue weighted by molar-refractivity contribution is 0.536. The Morgan fingerprint density at radius 1 is 1.50 bits per heavy atom. The SMILES string of the molecule is C#CC1CC[P+](C)(O)CC1. The van der Waals surface area contributed by atoms with E-state index in [0.717, 1.165) is 25.2 Å². The summed E-state index contributed by atoms with van der Waals surface area (Å²) in [5, 5.41) is 0. The average molecular weight is 157 g/mol. The van der Waals surface area contributed by atoms with Gasteiger partial charge >= 0.3 is 0 Å². The van der Waals surface area contributed by atoms with Crippen LogP contribution in [0, 0.1) is 18.3 Å². The van der Waals surface area contributed by atoms with Crippen molar-refractivity contribution in [1.29, 1.82) is 0 Å². The first-order valence-electron chi connectivity index (χ1n) is 3.67. The lowest BCUT2D eigenvalue weighted by atomic mass is 10.1. The zero-order chi connectivity index (χ0) is 7.61. The fourth-order valence-electron chi connectivity index (χ4n) is 1.29. The summed E-state index contributed by atoms with van der Waals surface area (Å²) < 4.78 is 0. The maximum absolute atomic E-state index is 9.63. The third-order valence-electron chi connectivity index (χ3n) is 2.15. The summed E-state index contributed by atoms with van der Waals surface area (Å²) in [7, 11) is -1.48. The molecule has 1 heterocycles. The van der Waals surface area contributed by atoms with Crippen molar-refractivity contribution in [1.82, 2.24) is 0 Å². The van der Waals surface area contributed by atoms with Crippen molar-refractivity contribution in [2.75, 3.05) is 19.0 Å². The average Bonchev–Trinajstić information content (AvgIpc) is 1.88. The molecule has 0 amide bonds. The molecule has 0 aliphatic carbocycles. The van der Waals surface area contributed by atoms with Crippen LogP contribution in [-0.4, -0.2) is 23.9 Å². The van der Waals surface area contributed by atoms with Gasteiger partial charge in [-0.1, -0.05) is 0 Å². The van der Waals surface area contributed by atoms with Gasteiger partial charge in [0.1, 0.15) is 7.49 Å². The van der Waals surface area contributed by atoms with Crippen molar-refractivity contribution in [2.45, 2.75) is 12.8 Å². The second-order valence-electron chi connectivity index (χ2n) is 3.23. The van der Waals surface area contributed by atoms with Crippen LogP contribution in [0.2, 0.25) is 0 Å². The van der Waals surface area contributed by atoms with E-state index in [1.807, 2.05) is 6.66 Å². The molecule has 1 aliphatic heterocycles. The summed E-state index contributed by atoms with van der Waals surface area (Å²) in [5.41, 5.74) is 0. The van der Waals surface area contributed by atoms with Gasteiger partial charge in [0.05, 0.1) is 19.0 Å². The molecule has 1 saturated heterocycles. The van der Waals surface area contributed by atoms with E-state index in [4.69, 9.17) is 6.42 Å². The van der Waals surface area contributed by atoms with Gasteiger partial charge in [0.25, 0.3) is 0 Å². The Bertz CT molecular complexity index is 147. The van der Waals surface area contributed by atoms with Gasteiger partial charge in [-0.05, 0) is 12.8 Å². The van der Waals surface area contributed by atoms with Crippen LogP contribution in [0.15, 0.2) is 0 Å². The normalized spacial score (nSPS) is 40.7. The van der Waals surface area contributed by atoms with Crippen LogP contribution in [0.3, 0.4) is 0 Å². The Hall–Kier alpha value is -0.0500. The van der Waals surface area contributed by atoms with Crippen molar-refractivity contribution in [3.8, 4) is 12.3 Å². The number of rotatable bonds is 0. The predicted octanol–water partition coefficient (Wildman–Crippen LogP) is 1.58. The Kier molecular flexibility index (Phi) is 2.34. The molecule has 1 fully saturated rings. The Balaban J connectivity index is 2.40. The first-order chi connectivity index (χ1) is 4.64. The van der Waals surface area contributed by atoms with E-state index in [0.29, 0.717) is 5.92 Å². The van der Waals surface area contributed by atoms with Crippen LogP contribution in [0.5, 0.6) is 0 Å². The van der Waals surface area contributed by atoms with Gasteiger partial charge in [-0.25, -0.2) is 0 Å². The van der Waals surface area contributed by atoms with Gasteiger partial charge in [0.15, 0.2) is 0 Å². The molecule has 0 unspecified atom stereocenters. The highest BCUT2D eigenvalue weighted by atomic mass is 31.2. The van der Waals surface area contributed by atoms with Crippen molar-refractivity contribution in [3.63, 3.8) is 0 Å². The topological polar surface area (TPSA) is 20.2 Å². The molecule has 2 heteroatoms. The summed E-state index contributed by atoms with van der Waals surface area (Å²) >= 11 is 0. The quantitative estimate of drug-likeness (QED) is 0.418. The summed E-state index contributed by atoms with van der Waals surface area (Å²) in [6.45, 7) is 2.00. The molecule has 0 aromatic heterocycles. The third-order valence-corrected chi connectivity index (χ3v) is 4.60. The maximum Gasteiger partial charge on any atom is 0.139 e. The smallest absolute Gasteiger partial charge is 0.139 e. The first kappa shape index (κ1) is 8.05. The molecule has 0 aromatic rings. The summed E-state index contributed by atoms with van der Waals surface area (Å²) in [4.78, 5) is 9.63. The highest BCUT2D eigenvalue weighted by Gasteiger charge is 2.34. The highest BCUT2D eigenvalue weighted by molar-refractivity contribution is 7.69. The van der Waals surface area contributed by atoms with Crippen molar-refractivity contribution in [3.05, 3.63) is 0 Å². The lowest BCUT2D eigenvalue weighted by Crippen LogP contribution is -2.15. The molecule has 1 aliphatic rings. The van der Waals surface area contributed by atoms with Gasteiger partial charge in [0.2, 0.25) is 0 Å². The van der Waals surface area contributed by atoms with Crippen molar-refractivity contribution >= 4 is 7.49 Å². The molecule has 0 atom stereocenters. The van der Waals surface area contributed by atoms with Crippen LogP contribution in [0.4, 0.5) is 0 Å². The van der Waals surface area contributed by atoms with Crippen LogP contribution >= 0.6 is 7.49 Å². The highest BCUT2D eigenvalue weighted by Crippen LogP contribution is 2.55. The third kappa shape index (κ3) is 1.97. The molecule has 0 radical (unpaired) electrons. The molecule has 0 aromatic carbocycles. The summed E-state index contributed by atoms with van der Waals surface area (Å²) in [5.74, 6) is 3.19. The fourth-order valence-corrected chi connectivity index (χ4v) is 3.25. The minimum absolute atomic E-state index is 0.445. The lowest BCUT2D eigenvalue weighted by Gasteiger charge is -2.23. The second kappa shape index (κ2) is 2.91. The predicted molar refractivity (Wildman–Crippen MR) is 46.4 cm³/mol. The molecule has 56 valence electrons. The monoisotopic (exact) mass is 157 g/mol. The van der Waals surface area contributed by atoms with Crippen LogP contribution in [-0.2, 0) is 0 Å². The standard InChI is InChI=1S/C8H14OP/c1-3-8-4-6-10(2,9)7-5-8/h1,8-9H,4-7H2,2H3/q+1. The van der Waals surface area contributed by atoms with E-state index in [9.17, 15) is 4.89 Å². The first-order valence-corrected chi connectivity index (χ1v) is 6.23. The molecule has 1 rings (SSSR count). The van der Waals surface area contributed by atoms with Crippen LogP contribution in [0.1, 0.15) is 12.8 Å². The fraction of sp³-hybridized carbons (Fsp3) is 0.750. The molecule has 1 nitrogen and oxygen atoms in total. The second-order valence-corrected chi connectivity index (χ2v) is 6.80. The zero-order valence-electron chi connectivity index (χ0n) is 6.38. The number of hydrogen-bond acceptors (Lipinski definition) is 1. The minimum atomic E-state index is -1.48. The van der Waals surface area contributed by atoms with E-state index in [1.54, 1.807) is 0 Å². The van der Waals surface area contributed by atoms with Gasteiger partial charge in [-0.2, -0.15) is 0 Å².